The van der Waals surface area contributed by atoms with Crippen molar-refractivity contribution < 1.29 is 4.74 Å². The van der Waals surface area contributed by atoms with E-state index in [1.165, 1.54) is 19.3 Å². The minimum atomic E-state index is 0.270. The fourth-order valence-corrected chi connectivity index (χ4v) is 2.15. The molecule has 17 heavy (non-hydrogen) atoms. The summed E-state index contributed by atoms with van der Waals surface area (Å²) in [5.74, 6) is 1.23. The van der Waals surface area contributed by atoms with Crippen LogP contribution < -0.4 is 10.1 Å². The molecule has 1 N–H and O–H groups in total. The number of nitrogens with one attached hydrogen (secondary N) is 1. The molecule has 0 atom stereocenters. The lowest BCUT2D eigenvalue weighted by molar-refractivity contribution is 0.0737. The molecule has 0 saturated heterocycles. The molecule has 0 spiro atoms. The summed E-state index contributed by atoms with van der Waals surface area (Å²) in [7, 11) is 5.87. The molecule has 1 fully saturated rings. The van der Waals surface area contributed by atoms with Gasteiger partial charge in [0, 0.05) is 24.3 Å². The third-order valence-corrected chi connectivity index (χ3v) is 3.65. The van der Waals surface area contributed by atoms with Gasteiger partial charge in [-0.2, -0.15) is 4.98 Å². The van der Waals surface area contributed by atoms with Crippen LogP contribution in [0.2, 0.25) is 0 Å². The number of hydrogen-bond donors (Lipinski definition) is 1. The van der Waals surface area contributed by atoms with Gasteiger partial charge in [0.05, 0.1) is 7.11 Å². The number of hydrogen-bond acceptors (Lipinski definition) is 5. The second-order valence-corrected chi connectivity index (χ2v) is 4.75. The molecule has 5 heteroatoms. The predicted octanol–water partition coefficient (Wildman–Crippen LogP) is 1.38. The summed E-state index contributed by atoms with van der Waals surface area (Å²) >= 11 is 0. The Morgan fingerprint density at radius 2 is 2.24 bits per heavy atom. The van der Waals surface area contributed by atoms with Crippen molar-refractivity contribution in [1.82, 2.24) is 14.9 Å². The molecule has 1 saturated carbocycles. The van der Waals surface area contributed by atoms with Crippen LogP contribution >= 0.6 is 0 Å². The Balaban J connectivity index is 1.97. The minimum absolute atomic E-state index is 0.270. The average molecular weight is 236 g/mol. The van der Waals surface area contributed by atoms with Crippen molar-refractivity contribution in [3.8, 4) is 5.88 Å². The largest absolute Gasteiger partial charge is 0.481 e. The second kappa shape index (κ2) is 4.87. The van der Waals surface area contributed by atoms with Crippen LogP contribution in [0.1, 0.15) is 19.3 Å². The molecule has 0 radical (unpaired) electrons. The SMILES string of the molecule is COc1ccnc(NCC2(N(C)C)CCC2)n1. The second-order valence-electron chi connectivity index (χ2n) is 4.75. The first-order chi connectivity index (χ1) is 8.16. The van der Waals surface area contributed by atoms with Gasteiger partial charge in [-0.1, -0.05) is 0 Å². The normalized spacial score (nSPS) is 17.6. The topological polar surface area (TPSA) is 50.3 Å². The Kier molecular flexibility index (Phi) is 3.47. The quantitative estimate of drug-likeness (QED) is 0.837. The average Bonchev–Trinajstić information content (AvgIpc) is 2.27. The van der Waals surface area contributed by atoms with Crippen LogP contribution in [0.25, 0.3) is 0 Å². The summed E-state index contributed by atoms with van der Waals surface area (Å²) in [6.45, 7) is 0.882. The summed E-state index contributed by atoms with van der Waals surface area (Å²) in [6, 6.07) is 1.75. The van der Waals surface area contributed by atoms with E-state index in [-0.39, 0.29) is 5.54 Å². The molecule has 1 heterocycles. The smallest absolute Gasteiger partial charge is 0.226 e. The summed E-state index contributed by atoms with van der Waals surface area (Å²) in [4.78, 5) is 10.7. The van der Waals surface area contributed by atoms with Crippen LogP contribution in [0.5, 0.6) is 5.88 Å². The van der Waals surface area contributed by atoms with Crippen LogP contribution in [0.15, 0.2) is 12.3 Å². The number of nitrogens with zero attached hydrogens (tertiary/aromatic N) is 3. The number of rotatable bonds is 5. The molecule has 0 amide bonds. The standard InChI is InChI=1S/C12H20N4O/c1-16(2)12(6-4-7-12)9-14-11-13-8-5-10(15-11)17-3/h5,8H,4,6-7,9H2,1-3H3,(H,13,14,15). The maximum atomic E-state index is 5.07. The summed E-state index contributed by atoms with van der Waals surface area (Å²) in [5, 5.41) is 3.30. The maximum absolute atomic E-state index is 5.07. The highest BCUT2D eigenvalue weighted by molar-refractivity contribution is 5.28. The lowest BCUT2D eigenvalue weighted by Gasteiger charge is -2.47. The highest BCUT2D eigenvalue weighted by Crippen LogP contribution is 2.35. The van der Waals surface area contributed by atoms with Crippen LogP contribution in [0.3, 0.4) is 0 Å². The van der Waals surface area contributed by atoms with Crippen LogP contribution in [-0.4, -0.2) is 48.2 Å². The highest BCUT2D eigenvalue weighted by Gasteiger charge is 2.38. The molecule has 1 aliphatic carbocycles. The Morgan fingerprint density at radius 3 is 2.76 bits per heavy atom. The molecule has 1 aromatic heterocycles. The first kappa shape index (κ1) is 12.1. The molecule has 2 rings (SSSR count). The van der Waals surface area contributed by atoms with E-state index < -0.39 is 0 Å². The van der Waals surface area contributed by atoms with Crippen molar-refractivity contribution >= 4 is 5.95 Å². The van der Waals surface area contributed by atoms with Crippen molar-refractivity contribution in [3.63, 3.8) is 0 Å². The van der Waals surface area contributed by atoms with Gasteiger partial charge in [-0.15, -0.1) is 0 Å². The Bertz CT molecular complexity index is 377. The van der Waals surface area contributed by atoms with Crippen molar-refractivity contribution in [2.24, 2.45) is 0 Å². The summed E-state index contributed by atoms with van der Waals surface area (Å²) < 4.78 is 5.07. The van der Waals surface area contributed by atoms with E-state index in [0.717, 1.165) is 6.54 Å². The van der Waals surface area contributed by atoms with Crippen molar-refractivity contribution in [2.45, 2.75) is 24.8 Å². The molecule has 0 bridgehead atoms. The van der Waals surface area contributed by atoms with Crippen molar-refractivity contribution in [3.05, 3.63) is 12.3 Å². The van der Waals surface area contributed by atoms with E-state index in [0.29, 0.717) is 11.8 Å². The molecule has 0 aromatic carbocycles. The van der Waals surface area contributed by atoms with E-state index in [1.807, 2.05) is 0 Å². The zero-order valence-electron chi connectivity index (χ0n) is 10.7. The van der Waals surface area contributed by atoms with Crippen LogP contribution in [-0.2, 0) is 0 Å². The maximum Gasteiger partial charge on any atom is 0.226 e. The number of likely N-dealkylation sites (N-methyl/N-ethyl adjacent to an activating group) is 1. The van der Waals surface area contributed by atoms with Crippen LogP contribution in [0, 0.1) is 0 Å². The van der Waals surface area contributed by atoms with Gasteiger partial charge in [0.25, 0.3) is 0 Å². The van der Waals surface area contributed by atoms with Gasteiger partial charge in [-0.25, -0.2) is 4.98 Å². The lowest BCUT2D eigenvalue weighted by atomic mass is 9.75. The Labute approximate surface area is 102 Å². The van der Waals surface area contributed by atoms with Gasteiger partial charge in [-0.05, 0) is 33.4 Å². The van der Waals surface area contributed by atoms with Crippen LogP contribution in [0.4, 0.5) is 5.95 Å². The van der Waals surface area contributed by atoms with Gasteiger partial charge in [0.2, 0.25) is 11.8 Å². The number of methoxy groups -OCH3 is 1. The van der Waals surface area contributed by atoms with Crippen molar-refractivity contribution in [1.29, 1.82) is 0 Å². The zero-order valence-corrected chi connectivity index (χ0v) is 10.7. The van der Waals surface area contributed by atoms with E-state index in [4.69, 9.17) is 4.74 Å². The number of ether oxygens (including phenoxy) is 1. The fourth-order valence-electron chi connectivity index (χ4n) is 2.15. The predicted molar refractivity (Wildman–Crippen MR) is 67.3 cm³/mol. The summed E-state index contributed by atoms with van der Waals surface area (Å²) in [6.07, 6.45) is 5.48. The van der Waals surface area contributed by atoms with E-state index in [2.05, 4.69) is 34.3 Å². The third-order valence-electron chi connectivity index (χ3n) is 3.65. The molecule has 94 valence electrons. The third kappa shape index (κ3) is 2.49. The molecular weight excluding hydrogens is 216 g/mol. The van der Waals surface area contributed by atoms with E-state index >= 15 is 0 Å². The Hall–Kier alpha value is -1.36. The first-order valence-electron chi connectivity index (χ1n) is 5.95. The molecule has 5 nitrogen and oxygen atoms in total. The van der Waals surface area contributed by atoms with E-state index in [9.17, 15) is 0 Å². The highest BCUT2D eigenvalue weighted by atomic mass is 16.5. The molecule has 0 aliphatic heterocycles. The summed E-state index contributed by atoms with van der Waals surface area (Å²) in [5.41, 5.74) is 0.270. The first-order valence-corrected chi connectivity index (χ1v) is 5.95. The minimum Gasteiger partial charge on any atom is -0.481 e. The lowest BCUT2D eigenvalue weighted by Crippen LogP contribution is -2.54. The molecular formula is C12H20N4O. The van der Waals surface area contributed by atoms with Gasteiger partial charge < -0.3 is 15.0 Å². The monoisotopic (exact) mass is 236 g/mol. The van der Waals surface area contributed by atoms with E-state index in [1.54, 1.807) is 19.4 Å². The molecule has 1 aromatic rings. The van der Waals surface area contributed by atoms with Gasteiger partial charge in [-0.3, -0.25) is 0 Å². The van der Waals surface area contributed by atoms with Crippen molar-refractivity contribution in [2.75, 3.05) is 33.1 Å². The van der Waals surface area contributed by atoms with Gasteiger partial charge in [0.15, 0.2) is 0 Å². The number of aromatic nitrogens is 2. The molecule has 0 unspecified atom stereocenters. The fraction of sp³-hybridized carbons (Fsp3) is 0.667. The Morgan fingerprint density at radius 1 is 1.47 bits per heavy atom. The molecule has 1 aliphatic rings. The zero-order chi connectivity index (χ0) is 12.3. The van der Waals surface area contributed by atoms with Gasteiger partial charge >= 0.3 is 0 Å². The van der Waals surface area contributed by atoms with Gasteiger partial charge in [0.1, 0.15) is 0 Å². The number of anilines is 1.